The van der Waals surface area contributed by atoms with Crippen molar-refractivity contribution in [1.29, 1.82) is 0 Å². The summed E-state index contributed by atoms with van der Waals surface area (Å²) >= 11 is 0. The first-order chi connectivity index (χ1) is 5.11. The minimum atomic E-state index is -0.995. The number of carbonyl (C=O) groups excluding carboxylic acids is 1. The van der Waals surface area contributed by atoms with Gasteiger partial charge in [0.05, 0.1) is 5.56 Å². The largest absolute Gasteiger partial charge is 0.365 e. The lowest BCUT2D eigenvalue weighted by atomic mass is 10.3. The van der Waals surface area contributed by atoms with Gasteiger partial charge in [0.1, 0.15) is 0 Å². The van der Waals surface area contributed by atoms with E-state index in [4.69, 9.17) is 5.73 Å². The zero-order chi connectivity index (χ0) is 8.43. The highest BCUT2D eigenvalue weighted by molar-refractivity contribution is 5.92. The van der Waals surface area contributed by atoms with Gasteiger partial charge in [0, 0.05) is 6.07 Å². The van der Waals surface area contributed by atoms with Gasteiger partial charge in [-0.05, 0) is 6.07 Å². The molecule has 0 aliphatic heterocycles. The molecule has 3 N–H and O–H groups in total. The first kappa shape index (κ1) is 7.46. The SMILES string of the molecule is NC(=O)c1ccc(=O)[nH]c1F. The smallest absolute Gasteiger partial charge is 0.253 e. The molecule has 0 aliphatic carbocycles. The van der Waals surface area contributed by atoms with Gasteiger partial charge in [0.25, 0.3) is 5.91 Å². The molecule has 11 heavy (non-hydrogen) atoms. The molecule has 0 aliphatic rings. The van der Waals surface area contributed by atoms with Crippen LogP contribution in [0, 0.1) is 5.95 Å². The van der Waals surface area contributed by atoms with Crippen molar-refractivity contribution in [2.24, 2.45) is 5.73 Å². The molecule has 0 saturated heterocycles. The Balaban J connectivity index is 3.31. The van der Waals surface area contributed by atoms with Gasteiger partial charge in [-0.3, -0.25) is 14.6 Å². The molecule has 58 valence electrons. The number of aromatic amines is 1. The molecule has 1 rings (SSSR count). The van der Waals surface area contributed by atoms with E-state index in [0.717, 1.165) is 12.1 Å². The summed E-state index contributed by atoms with van der Waals surface area (Å²) in [4.78, 5) is 22.6. The number of aromatic nitrogens is 1. The monoisotopic (exact) mass is 156 g/mol. The summed E-state index contributed by atoms with van der Waals surface area (Å²) in [6, 6.07) is 2.07. The molecule has 5 heteroatoms. The van der Waals surface area contributed by atoms with Crippen LogP contribution in [0.2, 0.25) is 0 Å². The van der Waals surface area contributed by atoms with E-state index in [1.165, 1.54) is 0 Å². The third-order valence-corrected chi connectivity index (χ3v) is 1.14. The molecule has 1 aromatic heterocycles. The predicted octanol–water partition coefficient (Wildman–Crippen LogP) is -0.387. The van der Waals surface area contributed by atoms with Gasteiger partial charge < -0.3 is 5.73 Å². The lowest BCUT2D eigenvalue weighted by Crippen LogP contribution is -2.17. The number of hydrogen-bond acceptors (Lipinski definition) is 2. The fraction of sp³-hybridized carbons (Fsp3) is 0. The van der Waals surface area contributed by atoms with Gasteiger partial charge in [-0.15, -0.1) is 0 Å². The number of carbonyl (C=O) groups is 1. The molecule has 1 amide bonds. The Morgan fingerprint density at radius 3 is 2.64 bits per heavy atom. The number of rotatable bonds is 1. The molecule has 0 spiro atoms. The number of primary amides is 1. The molecule has 1 aromatic rings. The Hall–Kier alpha value is -1.65. The van der Waals surface area contributed by atoms with Crippen molar-refractivity contribution in [2.75, 3.05) is 0 Å². The highest BCUT2D eigenvalue weighted by Gasteiger charge is 2.06. The van der Waals surface area contributed by atoms with Gasteiger partial charge in [0.15, 0.2) is 0 Å². The minimum absolute atomic E-state index is 0.315. The van der Waals surface area contributed by atoms with Gasteiger partial charge in [-0.25, -0.2) is 0 Å². The second kappa shape index (κ2) is 2.53. The van der Waals surface area contributed by atoms with Crippen LogP contribution in [-0.4, -0.2) is 10.9 Å². The second-order valence-electron chi connectivity index (χ2n) is 1.91. The predicted molar refractivity (Wildman–Crippen MR) is 35.5 cm³/mol. The summed E-state index contributed by atoms with van der Waals surface area (Å²) in [6.07, 6.45) is 0. The van der Waals surface area contributed by atoms with Crippen LogP contribution >= 0.6 is 0 Å². The molecular formula is C6H5FN2O2. The first-order valence-electron chi connectivity index (χ1n) is 2.80. The third kappa shape index (κ3) is 1.43. The normalized spacial score (nSPS) is 9.55. The van der Waals surface area contributed by atoms with Crippen LogP contribution in [0.4, 0.5) is 4.39 Å². The Morgan fingerprint density at radius 2 is 2.18 bits per heavy atom. The molecule has 4 nitrogen and oxygen atoms in total. The fourth-order valence-corrected chi connectivity index (χ4v) is 0.640. The number of hydrogen-bond donors (Lipinski definition) is 2. The van der Waals surface area contributed by atoms with Gasteiger partial charge in [-0.1, -0.05) is 0 Å². The van der Waals surface area contributed by atoms with E-state index in [-0.39, 0.29) is 5.56 Å². The summed E-state index contributed by atoms with van der Waals surface area (Å²) in [5.41, 5.74) is 3.84. The van der Waals surface area contributed by atoms with Crippen molar-refractivity contribution < 1.29 is 9.18 Å². The molecule has 0 unspecified atom stereocenters. The molecule has 0 saturated carbocycles. The Bertz CT molecular complexity index is 345. The Labute approximate surface area is 60.8 Å². The van der Waals surface area contributed by atoms with Crippen molar-refractivity contribution in [3.05, 3.63) is 34.0 Å². The van der Waals surface area contributed by atoms with Crippen LogP contribution in [-0.2, 0) is 0 Å². The molecule has 0 aromatic carbocycles. The van der Waals surface area contributed by atoms with Crippen molar-refractivity contribution in [3.8, 4) is 0 Å². The van der Waals surface area contributed by atoms with Crippen molar-refractivity contribution in [1.82, 2.24) is 4.98 Å². The van der Waals surface area contributed by atoms with E-state index in [1.54, 1.807) is 4.98 Å². The van der Waals surface area contributed by atoms with Crippen LogP contribution in [0.25, 0.3) is 0 Å². The van der Waals surface area contributed by atoms with Gasteiger partial charge in [-0.2, -0.15) is 4.39 Å². The number of halogens is 1. The number of pyridine rings is 1. The van der Waals surface area contributed by atoms with Crippen LogP contribution in [0.1, 0.15) is 10.4 Å². The highest BCUT2D eigenvalue weighted by Crippen LogP contribution is 1.97. The van der Waals surface area contributed by atoms with E-state index < -0.39 is 17.4 Å². The fourth-order valence-electron chi connectivity index (χ4n) is 0.640. The summed E-state index contributed by atoms with van der Waals surface area (Å²) in [7, 11) is 0. The maximum Gasteiger partial charge on any atom is 0.253 e. The Morgan fingerprint density at radius 1 is 1.55 bits per heavy atom. The first-order valence-corrected chi connectivity index (χ1v) is 2.80. The third-order valence-electron chi connectivity index (χ3n) is 1.14. The zero-order valence-corrected chi connectivity index (χ0v) is 5.43. The summed E-state index contributed by atoms with van der Waals surface area (Å²) in [5.74, 6) is -1.90. The average Bonchev–Trinajstić information content (AvgIpc) is 1.85. The van der Waals surface area contributed by atoms with Crippen LogP contribution in [0.3, 0.4) is 0 Å². The Kier molecular flexibility index (Phi) is 1.72. The van der Waals surface area contributed by atoms with Crippen LogP contribution < -0.4 is 11.3 Å². The maximum absolute atomic E-state index is 12.5. The summed E-state index contributed by atoms with van der Waals surface area (Å²) in [5, 5.41) is 0. The van der Waals surface area contributed by atoms with Crippen molar-refractivity contribution >= 4 is 5.91 Å². The van der Waals surface area contributed by atoms with E-state index >= 15 is 0 Å². The number of H-pyrrole nitrogens is 1. The summed E-state index contributed by atoms with van der Waals surface area (Å²) in [6.45, 7) is 0. The standard InChI is InChI=1S/C6H5FN2O2/c7-5-3(6(8)11)1-2-4(10)9-5/h1-2H,(H2,8,11)(H,9,10). The number of nitrogens with two attached hydrogens (primary N) is 1. The molecule has 1 heterocycles. The quantitative estimate of drug-likeness (QED) is 0.543. The minimum Gasteiger partial charge on any atom is -0.365 e. The van der Waals surface area contributed by atoms with Crippen molar-refractivity contribution in [3.63, 3.8) is 0 Å². The number of amides is 1. The maximum atomic E-state index is 12.5. The molecule has 0 fully saturated rings. The van der Waals surface area contributed by atoms with E-state index in [2.05, 4.69) is 0 Å². The zero-order valence-electron chi connectivity index (χ0n) is 5.43. The molecule has 0 atom stereocenters. The molecule has 0 bridgehead atoms. The van der Waals surface area contributed by atoms with E-state index in [0.29, 0.717) is 0 Å². The summed E-state index contributed by atoms with van der Waals surface area (Å²) < 4.78 is 12.5. The van der Waals surface area contributed by atoms with E-state index in [9.17, 15) is 14.0 Å². The lowest BCUT2D eigenvalue weighted by molar-refractivity contribution is 0.0995. The van der Waals surface area contributed by atoms with Gasteiger partial charge in [0.2, 0.25) is 11.5 Å². The van der Waals surface area contributed by atoms with Crippen LogP contribution in [0.15, 0.2) is 16.9 Å². The number of nitrogens with one attached hydrogen (secondary N) is 1. The lowest BCUT2D eigenvalue weighted by Gasteiger charge is -1.94. The topological polar surface area (TPSA) is 76.0 Å². The average molecular weight is 156 g/mol. The van der Waals surface area contributed by atoms with Crippen molar-refractivity contribution in [2.45, 2.75) is 0 Å². The van der Waals surface area contributed by atoms with Crippen LogP contribution in [0.5, 0.6) is 0 Å². The molecule has 0 radical (unpaired) electrons. The molecular weight excluding hydrogens is 151 g/mol. The van der Waals surface area contributed by atoms with E-state index in [1.807, 2.05) is 0 Å². The highest BCUT2D eigenvalue weighted by atomic mass is 19.1. The van der Waals surface area contributed by atoms with Gasteiger partial charge >= 0.3 is 0 Å². The second-order valence-corrected chi connectivity index (χ2v) is 1.91.